The highest BCUT2D eigenvalue weighted by Gasteiger charge is 2.10. The fraction of sp³-hybridized carbons (Fsp3) is 0.167. The number of benzene rings is 2. The summed E-state index contributed by atoms with van der Waals surface area (Å²) in [5.41, 5.74) is 2.55. The van der Waals surface area contributed by atoms with Crippen LogP contribution in [0.25, 0.3) is 6.08 Å². The van der Waals surface area contributed by atoms with Gasteiger partial charge in [0.05, 0.1) is 12.0 Å². The molecule has 1 aromatic heterocycles. The lowest BCUT2D eigenvalue weighted by Gasteiger charge is -2.12. The van der Waals surface area contributed by atoms with E-state index in [1.54, 1.807) is 43.8 Å². The Morgan fingerprint density at radius 2 is 1.73 bits per heavy atom. The van der Waals surface area contributed by atoms with Crippen LogP contribution in [0.3, 0.4) is 0 Å². The molecule has 172 valence electrons. The zero-order chi connectivity index (χ0) is 23.7. The maximum absolute atomic E-state index is 12.2. The molecule has 0 aliphatic carbocycles. The molecule has 0 aliphatic rings. The summed E-state index contributed by atoms with van der Waals surface area (Å²) in [7, 11) is -0.572. The van der Waals surface area contributed by atoms with E-state index in [4.69, 9.17) is 9.47 Å². The summed E-state index contributed by atoms with van der Waals surface area (Å²) >= 11 is 0. The number of pyridine rings is 1. The Bertz CT molecular complexity index is 1210. The number of nitrogens with zero attached hydrogens (tertiary/aromatic N) is 1. The molecule has 0 aliphatic heterocycles. The van der Waals surface area contributed by atoms with E-state index >= 15 is 0 Å². The quantitative estimate of drug-likeness (QED) is 0.444. The average molecular weight is 468 g/mol. The van der Waals surface area contributed by atoms with Crippen molar-refractivity contribution in [1.29, 1.82) is 0 Å². The summed E-state index contributed by atoms with van der Waals surface area (Å²) in [4.78, 5) is 16.3. The monoisotopic (exact) mass is 467 g/mol. The van der Waals surface area contributed by atoms with Crippen LogP contribution in [0.1, 0.15) is 16.7 Å². The summed E-state index contributed by atoms with van der Waals surface area (Å²) in [6.07, 6.45) is 6.42. The van der Waals surface area contributed by atoms with Crippen LogP contribution in [0, 0.1) is 0 Å². The molecular weight excluding hydrogens is 442 g/mol. The van der Waals surface area contributed by atoms with Gasteiger partial charge in [0.2, 0.25) is 15.9 Å². The fourth-order valence-electron chi connectivity index (χ4n) is 2.88. The molecule has 0 fully saturated rings. The van der Waals surface area contributed by atoms with Crippen molar-refractivity contribution in [2.45, 2.75) is 18.0 Å². The summed E-state index contributed by atoms with van der Waals surface area (Å²) in [6, 6.07) is 15.4. The first kappa shape index (κ1) is 24.0. The van der Waals surface area contributed by atoms with Crippen molar-refractivity contribution in [3.05, 3.63) is 89.8 Å². The lowest BCUT2D eigenvalue weighted by atomic mass is 10.2. The molecule has 1 amide bonds. The SMILES string of the molecule is CNS(=O)(=O)c1ccc(C=CC(=O)NCc2ccc(OCc3ccncc3)c(OC)c2)cc1. The van der Waals surface area contributed by atoms with Crippen molar-refractivity contribution in [1.82, 2.24) is 15.0 Å². The zero-order valence-corrected chi connectivity index (χ0v) is 19.1. The van der Waals surface area contributed by atoms with Gasteiger partial charge in [-0.15, -0.1) is 0 Å². The van der Waals surface area contributed by atoms with Gasteiger partial charge in [0, 0.05) is 25.0 Å². The second kappa shape index (κ2) is 11.3. The third-order valence-corrected chi connectivity index (χ3v) is 6.15. The number of hydrogen-bond acceptors (Lipinski definition) is 6. The molecule has 0 saturated carbocycles. The molecular formula is C24H25N3O5S. The van der Waals surface area contributed by atoms with Gasteiger partial charge in [-0.1, -0.05) is 18.2 Å². The maximum atomic E-state index is 12.2. The highest BCUT2D eigenvalue weighted by atomic mass is 32.2. The standard InChI is InChI=1S/C24H25N3O5S/c1-25-33(29,30)21-7-3-18(4-8-21)6-10-24(28)27-16-20-5-9-22(23(15-20)31-2)32-17-19-11-13-26-14-12-19/h3-15,25H,16-17H2,1-2H3,(H,27,28). The predicted molar refractivity (Wildman–Crippen MR) is 125 cm³/mol. The number of aromatic nitrogens is 1. The molecule has 0 unspecified atom stereocenters. The predicted octanol–water partition coefficient (Wildman–Crippen LogP) is 2.91. The van der Waals surface area contributed by atoms with Gasteiger partial charge >= 0.3 is 0 Å². The average Bonchev–Trinajstić information content (AvgIpc) is 2.86. The number of sulfonamides is 1. The molecule has 3 rings (SSSR count). The van der Waals surface area contributed by atoms with Crippen molar-refractivity contribution < 1.29 is 22.7 Å². The van der Waals surface area contributed by atoms with Gasteiger partial charge < -0.3 is 14.8 Å². The first-order chi connectivity index (χ1) is 15.9. The molecule has 9 heteroatoms. The Hall–Kier alpha value is -3.69. The second-order valence-electron chi connectivity index (χ2n) is 6.96. The highest BCUT2D eigenvalue weighted by molar-refractivity contribution is 7.89. The molecule has 2 N–H and O–H groups in total. The lowest BCUT2D eigenvalue weighted by Crippen LogP contribution is -2.20. The van der Waals surface area contributed by atoms with Crippen LogP contribution in [0.4, 0.5) is 0 Å². The zero-order valence-electron chi connectivity index (χ0n) is 18.3. The van der Waals surface area contributed by atoms with Crippen LogP contribution in [-0.4, -0.2) is 33.5 Å². The molecule has 0 spiro atoms. The van der Waals surface area contributed by atoms with Crippen molar-refractivity contribution in [3.8, 4) is 11.5 Å². The molecule has 1 heterocycles. The van der Waals surface area contributed by atoms with Gasteiger partial charge in [0.1, 0.15) is 6.61 Å². The van der Waals surface area contributed by atoms with Crippen LogP contribution >= 0.6 is 0 Å². The van der Waals surface area contributed by atoms with Crippen molar-refractivity contribution in [3.63, 3.8) is 0 Å². The Morgan fingerprint density at radius 1 is 1.00 bits per heavy atom. The lowest BCUT2D eigenvalue weighted by molar-refractivity contribution is -0.116. The first-order valence-corrected chi connectivity index (χ1v) is 11.6. The van der Waals surface area contributed by atoms with E-state index in [9.17, 15) is 13.2 Å². The maximum Gasteiger partial charge on any atom is 0.244 e. The van der Waals surface area contributed by atoms with Gasteiger partial charge in [-0.25, -0.2) is 13.1 Å². The number of nitrogens with one attached hydrogen (secondary N) is 2. The smallest absolute Gasteiger partial charge is 0.244 e. The van der Waals surface area contributed by atoms with E-state index in [2.05, 4.69) is 15.0 Å². The van der Waals surface area contributed by atoms with E-state index < -0.39 is 10.0 Å². The third-order valence-electron chi connectivity index (χ3n) is 4.72. The fourth-order valence-corrected chi connectivity index (χ4v) is 3.61. The molecule has 3 aromatic rings. The molecule has 0 radical (unpaired) electrons. The number of carbonyl (C=O) groups is 1. The summed E-state index contributed by atoms with van der Waals surface area (Å²) in [5.74, 6) is 0.898. The number of methoxy groups -OCH3 is 1. The number of hydrogen-bond donors (Lipinski definition) is 2. The van der Waals surface area contributed by atoms with E-state index in [1.165, 1.54) is 25.3 Å². The van der Waals surface area contributed by atoms with Gasteiger partial charge in [0.15, 0.2) is 11.5 Å². The third kappa shape index (κ3) is 6.90. The summed E-state index contributed by atoms with van der Waals surface area (Å²) in [5, 5.41) is 2.81. The Labute approximate surface area is 193 Å². The molecule has 33 heavy (non-hydrogen) atoms. The normalized spacial score (nSPS) is 11.3. The van der Waals surface area contributed by atoms with Crippen LogP contribution in [0.5, 0.6) is 11.5 Å². The minimum atomic E-state index is -3.49. The first-order valence-electron chi connectivity index (χ1n) is 10.1. The Morgan fingerprint density at radius 3 is 2.39 bits per heavy atom. The van der Waals surface area contributed by atoms with Crippen LogP contribution in [-0.2, 0) is 28.0 Å². The van der Waals surface area contributed by atoms with E-state index in [1.807, 2.05) is 24.3 Å². The molecule has 8 nitrogen and oxygen atoms in total. The topological polar surface area (TPSA) is 107 Å². The van der Waals surface area contributed by atoms with Gasteiger partial charge in [-0.05, 0) is 66.2 Å². The van der Waals surface area contributed by atoms with E-state index in [0.29, 0.717) is 30.2 Å². The van der Waals surface area contributed by atoms with Crippen molar-refractivity contribution in [2.24, 2.45) is 0 Å². The molecule has 0 atom stereocenters. The Kier molecular flexibility index (Phi) is 8.17. The van der Waals surface area contributed by atoms with Crippen molar-refractivity contribution in [2.75, 3.05) is 14.2 Å². The minimum Gasteiger partial charge on any atom is -0.493 e. The number of amides is 1. The van der Waals surface area contributed by atoms with Gasteiger partial charge in [0.25, 0.3) is 0 Å². The number of ether oxygens (including phenoxy) is 2. The number of rotatable bonds is 10. The van der Waals surface area contributed by atoms with E-state index in [-0.39, 0.29) is 10.8 Å². The summed E-state index contributed by atoms with van der Waals surface area (Å²) in [6.45, 7) is 0.700. The largest absolute Gasteiger partial charge is 0.493 e. The van der Waals surface area contributed by atoms with Crippen LogP contribution < -0.4 is 19.5 Å². The second-order valence-corrected chi connectivity index (χ2v) is 8.84. The Balaban J connectivity index is 1.55. The summed E-state index contributed by atoms with van der Waals surface area (Å²) < 4.78 is 37.0. The number of carbonyl (C=O) groups excluding carboxylic acids is 1. The van der Waals surface area contributed by atoms with Crippen LogP contribution in [0.15, 0.2) is 78.0 Å². The molecule has 2 aromatic carbocycles. The van der Waals surface area contributed by atoms with Gasteiger partial charge in [-0.2, -0.15) is 0 Å². The molecule has 0 saturated heterocycles. The highest BCUT2D eigenvalue weighted by Crippen LogP contribution is 2.28. The van der Waals surface area contributed by atoms with E-state index in [0.717, 1.165) is 11.1 Å². The van der Waals surface area contributed by atoms with Gasteiger partial charge in [-0.3, -0.25) is 9.78 Å². The molecule has 0 bridgehead atoms. The minimum absolute atomic E-state index is 0.161. The van der Waals surface area contributed by atoms with Crippen LogP contribution in [0.2, 0.25) is 0 Å². The van der Waals surface area contributed by atoms with Crippen molar-refractivity contribution >= 4 is 22.0 Å².